The Balaban J connectivity index is 1.69. The highest BCUT2D eigenvalue weighted by Gasteiger charge is 2.35. The van der Waals surface area contributed by atoms with Crippen molar-refractivity contribution in [1.82, 2.24) is 9.80 Å². The molecule has 1 aromatic rings. The number of hydrogen-bond donors (Lipinski definition) is 2. The molecular weight excluding hydrogens is 452 g/mol. The van der Waals surface area contributed by atoms with Crippen LogP contribution in [0.15, 0.2) is 40.9 Å². The molecule has 9 heteroatoms. The molecule has 0 aliphatic carbocycles. The molecule has 184 valence electrons. The van der Waals surface area contributed by atoms with Crippen LogP contribution in [0.25, 0.3) is 5.57 Å². The van der Waals surface area contributed by atoms with E-state index in [9.17, 15) is 13.2 Å². The zero-order valence-corrected chi connectivity index (χ0v) is 20.7. The van der Waals surface area contributed by atoms with E-state index in [1.807, 2.05) is 7.05 Å². The molecule has 0 radical (unpaired) electrons. The average molecular weight is 487 g/mol. The Morgan fingerprint density at radius 3 is 2.50 bits per heavy atom. The summed E-state index contributed by atoms with van der Waals surface area (Å²) in [6.45, 7) is 4.99. The Labute approximate surface area is 201 Å². The molecule has 3 N–H and O–H groups in total. The molecule has 0 unspecified atom stereocenters. The van der Waals surface area contributed by atoms with Crippen molar-refractivity contribution in [3.8, 4) is 0 Å². The SMILES string of the molecule is Cc1c(C2=C/C(=C/N)C(=N)N(CC3CCOCC3)C2=O)cccc1S(=O)(=O)C1CCN(C)CC1. The fraction of sp³-hybridized carbons (Fsp3) is 0.520. The van der Waals surface area contributed by atoms with Gasteiger partial charge in [-0.2, -0.15) is 0 Å². The molecule has 0 atom stereocenters. The maximum absolute atomic E-state index is 13.6. The molecule has 3 aliphatic heterocycles. The van der Waals surface area contributed by atoms with Gasteiger partial charge in [-0.3, -0.25) is 15.1 Å². The van der Waals surface area contributed by atoms with Crippen molar-refractivity contribution >= 4 is 27.2 Å². The van der Waals surface area contributed by atoms with E-state index in [2.05, 4.69) is 4.90 Å². The second kappa shape index (κ2) is 10.0. The number of carbonyl (C=O) groups excluding carboxylic acids is 1. The van der Waals surface area contributed by atoms with Crippen LogP contribution in [0.2, 0.25) is 0 Å². The van der Waals surface area contributed by atoms with Gasteiger partial charge >= 0.3 is 0 Å². The number of sulfone groups is 1. The van der Waals surface area contributed by atoms with E-state index in [4.69, 9.17) is 15.9 Å². The number of rotatable bonds is 5. The Hall–Kier alpha value is -2.49. The summed E-state index contributed by atoms with van der Waals surface area (Å²) in [5.41, 5.74) is 7.78. The highest BCUT2D eigenvalue weighted by atomic mass is 32.2. The molecule has 2 saturated heterocycles. The van der Waals surface area contributed by atoms with Gasteiger partial charge in [-0.1, -0.05) is 12.1 Å². The van der Waals surface area contributed by atoms with Gasteiger partial charge in [-0.15, -0.1) is 0 Å². The number of nitrogens with zero attached hydrogens (tertiary/aromatic N) is 2. The Bertz CT molecular complexity index is 1130. The van der Waals surface area contributed by atoms with Gasteiger partial charge in [-0.25, -0.2) is 8.42 Å². The number of carbonyl (C=O) groups is 1. The molecular formula is C25H34N4O4S. The standard InChI is InChI=1S/C25H34N4O4S/c1-17-21(4-3-5-23(17)34(31,32)20-6-10-28(2)11-7-20)22-14-19(15-26)24(27)29(25(22)30)16-18-8-12-33-13-9-18/h3-5,14-15,18,20,27H,6-13,16,26H2,1-2H3/b19-15-,27-24?. The van der Waals surface area contributed by atoms with E-state index in [1.165, 1.54) is 11.1 Å². The first-order chi connectivity index (χ1) is 16.2. The minimum absolute atomic E-state index is 0.0792. The van der Waals surface area contributed by atoms with Crippen LogP contribution in [-0.4, -0.2) is 75.1 Å². The number of nitrogens with one attached hydrogen (secondary N) is 1. The van der Waals surface area contributed by atoms with Crippen LogP contribution in [0.5, 0.6) is 0 Å². The summed E-state index contributed by atoms with van der Waals surface area (Å²) in [5, 5.41) is 8.11. The highest BCUT2D eigenvalue weighted by molar-refractivity contribution is 7.92. The maximum atomic E-state index is 13.6. The minimum Gasteiger partial charge on any atom is -0.404 e. The summed E-state index contributed by atoms with van der Waals surface area (Å²) in [7, 11) is -1.53. The number of hydrogen-bond acceptors (Lipinski definition) is 7. The smallest absolute Gasteiger partial charge is 0.260 e. The molecule has 4 rings (SSSR count). The molecule has 34 heavy (non-hydrogen) atoms. The third-order valence-corrected chi connectivity index (χ3v) is 9.67. The number of benzene rings is 1. The van der Waals surface area contributed by atoms with Crippen molar-refractivity contribution in [2.75, 3.05) is 39.9 Å². The van der Waals surface area contributed by atoms with Gasteiger partial charge < -0.3 is 15.4 Å². The molecule has 3 heterocycles. The molecule has 0 spiro atoms. The van der Waals surface area contributed by atoms with Crippen LogP contribution in [-0.2, 0) is 19.4 Å². The van der Waals surface area contributed by atoms with Crippen LogP contribution in [0, 0.1) is 18.3 Å². The first kappa shape index (κ1) is 24.6. The van der Waals surface area contributed by atoms with Gasteiger partial charge in [0.2, 0.25) is 0 Å². The topological polar surface area (TPSA) is 117 Å². The van der Waals surface area contributed by atoms with Crippen molar-refractivity contribution in [2.45, 2.75) is 42.8 Å². The van der Waals surface area contributed by atoms with Crippen LogP contribution >= 0.6 is 0 Å². The predicted molar refractivity (Wildman–Crippen MR) is 132 cm³/mol. The normalized spacial score (nSPS) is 22.9. The molecule has 8 nitrogen and oxygen atoms in total. The quantitative estimate of drug-likeness (QED) is 0.660. The molecule has 0 aromatic heterocycles. The molecule has 3 aliphatic rings. The average Bonchev–Trinajstić information content (AvgIpc) is 2.83. The van der Waals surface area contributed by atoms with Gasteiger partial charge in [0, 0.05) is 37.1 Å². The van der Waals surface area contributed by atoms with E-state index < -0.39 is 15.1 Å². The number of likely N-dealkylation sites (tertiary alicyclic amines) is 1. The third-order valence-electron chi connectivity index (χ3n) is 7.27. The molecule has 1 amide bonds. The number of nitrogens with two attached hydrogens (primary N) is 1. The second-order valence-electron chi connectivity index (χ2n) is 9.48. The van der Waals surface area contributed by atoms with E-state index in [0.29, 0.717) is 54.9 Å². The summed E-state index contributed by atoms with van der Waals surface area (Å²) in [6.07, 6.45) is 5.81. The van der Waals surface area contributed by atoms with Crippen molar-refractivity contribution in [3.05, 3.63) is 47.2 Å². The van der Waals surface area contributed by atoms with Crippen molar-refractivity contribution < 1.29 is 17.9 Å². The number of amides is 1. The van der Waals surface area contributed by atoms with Crippen molar-refractivity contribution in [1.29, 1.82) is 5.41 Å². The number of ether oxygens (including phenoxy) is 1. The minimum atomic E-state index is -3.54. The van der Waals surface area contributed by atoms with Gasteiger partial charge in [-0.05, 0) is 81.9 Å². The fourth-order valence-corrected chi connectivity index (χ4v) is 7.05. The fourth-order valence-electron chi connectivity index (χ4n) is 5.06. The monoisotopic (exact) mass is 486 g/mol. The molecule has 0 bridgehead atoms. The van der Waals surface area contributed by atoms with E-state index in [1.54, 1.807) is 31.2 Å². The van der Waals surface area contributed by atoms with E-state index in [-0.39, 0.29) is 22.6 Å². The zero-order chi connectivity index (χ0) is 24.5. The lowest BCUT2D eigenvalue weighted by Gasteiger charge is -2.34. The number of piperidine rings is 1. The third kappa shape index (κ3) is 4.69. The van der Waals surface area contributed by atoms with E-state index >= 15 is 0 Å². The van der Waals surface area contributed by atoms with Crippen molar-refractivity contribution in [3.63, 3.8) is 0 Å². The largest absolute Gasteiger partial charge is 0.404 e. The summed E-state index contributed by atoms with van der Waals surface area (Å²) in [6, 6.07) is 5.12. The second-order valence-corrected chi connectivity index (χ2v) is 11.7. The molecule has 1 aromatic carbocycles. The zero-order valence-electron chi connectivity index (χ0n) is 19.9. The highest BCUT2D eigenvalue weighted by Crippen LogP contribution is 2.34. The molecule has 0 saturated carbocycles. The van der Waals surface area contributed by atoms with Gasteiger partial charge in [0.05, 0.1) is 10.1 Å². The van der Waals surface area contributed by atoms with E-state index in [0.717, 1.165) is 25.9 Å². The van der Waals surface area contributed by atoms with Gasteiger partial charge in [0.15, 0.2) is 9.84 Å². The lowest BCUT2D eigenvalue weighted by Crippen LogP contribution is -2.44. The van der Waals surface area contributed by atoms with Crippen LogP contribution < -0.4 is 5.73 Å². The predicted octanol–water partition coefficient (Wildman–Crippen LogP) is 2.33. The van der Waals surface area contributed by atoms with Crippen LogP contribution in [0.3, 0.4) is 0 Å². The summed E-state index contributed by atoms with van der Waals surface area (Å²) >= 11 is 0. The van der Waals surface area contributed by atoms with Crippen molar-refractivity contribution in [2.24, 2.45) is 11.7 Å². The summed E-state index contributed by atoms with van der Waals surface area (Å²) < 4.78 is 32.5. The first-order valence-corrected chi connectivity index (χ1v) is 13.4. The number of amidine groups is 1. The maximum Gasteiger partial charge on any atom is 0.260 e. The van der Waals surface area contributed by atoms with Crippen LogP contribution in [0.1, 0.15) is 36.8 Å². The summed E-state index contributed by atoms with van der Waals surface area (Å²) in [5.74, 6) is 0.0307. The van der Waals surface area contributed by atoms with Gasteiger partial charge in [0.1, 0.15) is 5.84 Å². The molecule has 2 fully saturated rings. The Kier molecular flexibility index (Phi) is 7.25. The lowest BCUT2D eigenvalue weighted by molar-refractivity contribution is -0.122. The Morgan fingerprint density at radius 1 is 1.18 bits per heavy atom. The summed E-state index contributed by atoms with van der Waals surface area (Å²) in [4.78, 5) is 17.5. The van der Waals surface area contributed by atoms with Crippen LogP contribution in [0.4, 0.5) is 0 Å². The lowest BCUT2D eigenvalue weighted by atomic mass is 9.92. The van der Waals surface area contributed by atoms with Gasteiger partial charge in [0.25, 0.3) is 5.91 Å². The first-order valence-electron chi connectivity index (χ1n) is 11.9. The Morgan fingerprint density at radius 2 is 1.85 bits per heavy atom.